The Bertz CT molecular complexity index is 536. The third-order valence-electron chi connectivity index (χ3n) is 2.22. The van der Waals surface area contributed by atoms with Crippen LogP contribution in [0.4, 0.5) is 0 Å². The first-order valence-electron chi connectivity index (χ1n) is 5.05. The highest BCUT2D eigenvalue weighted by Gasteiger charge is 2.17. The van der Waals surface area contributed by atoms with Crippen LogP contribution in [0.25, 0.3) is 11.6 Å². The maximum Gasteiger partial charge on any atom is 0.339 e. The van der Waals surface area contributed by atoms with Crippen molar-refractivity contribution in [3.63, 3.8) is 0 Å². The lowest BCUT2D eigenvalue weighted by Crippen LogP contribution is -2.09. The molecule has 7 nitrogen and oxygen atoms in total. The van der Waals surface area contributed by atoms with Gasteiger partial charge in [-0.3, -0.25) is 5.10 Å². The smallest absolute Gasteiger partial charge is 0.339 e. The van der Waals surface area contributed by atoms with Crippen molar-refractivity contribution in [1.29, 1.82) is 0 Å². The van der Waals surface area contributed by atoms with E-state index >= 15 is 0 Å². The molecule has 0 atom stereocenters. The Morgan fingerprint density at radius 3 is 2.71 bits per heavy atom. The quantitative estimate of drug-likeness (QED) is 0.821. The van der Waals surface area contributed by atoms with E-state index in [2.05, 4.69) is 25.1 Å². The maximum atomic E-state index is 11.0. The van der Waals surface area contributed by atoms with Gasteiger partial charge in [0.1, 0.15) is 6.33 Å². The van der Waals surface area contributed by atoms with Gasteiger partial charge in [0.2, 0.25) is 0 Å². The fourth-order valence-electron chi connectivity index (χ4n) is 1.43. The normalized spacial score (nSPS) is 10.8. The summed E-state index contributed by atoms with van der Waals surface area (Å²) in [4.78, 5) is 23.1. The first-order chi connectivity index (χ1) is 8.09. The molecule has 0 saturated carbocycles. The predicted octanol–water partition coefficient (Wildman–Crippen LogP) is 1.08. The monoisotopic (exact) mass is 233 g/mol. The average Bonchev–Trinajstić information content (AvgIpc) is 2.81. The molecule has 88 valence electrons. The van der Waals surface area contributed by atoms with Crippen LogP contribution in [-0.4, -0.2) is 36.2 Å². The molecule has 0 fully saturated rings. The summed E-state index contributed by atoms with van der Waals surface area (Å²) in [6.07, 6.45) is 2.64. The highest BCUT2D eigenvalue weighted by atomic mass is 16.4. The molecule has 7 heteroatoms. The molecular weight excluding hydrogens is 222 g/mol. The van der Waals surface area contributed by atoms with Gasteiger partial charge in [0.15, 0.2) is 11.6 Å². The summed E-state index contributed by atoms with van der Waals surface area (Å²) in [6.45, 7) is 3.75. The molecule has 0 amide bonds. The van der Waals surface area contributed by atoms with E-state index in [0.29, 0.717) is 17.3 Å². The molecule has 0 radical (unpaired) electrons. The molecule has 2 rings (SSSR count). The molecule has 0 bridgehead atoms. The molecule has 0 aliphatic carbocycles. The van der Waals surface area contributed by atoms with Crippen molar-refractivity contribution < 1.29 is 9.90 Å². The number of carboxylic acids is 1. The molecule has 2 heterocycles. The van der Waals surface area contributed by atoms with Gasteiger partial charge in [-0.15, -0.1) is 0 Å². The molecule has 0 saturated heterocycles. The summed E-state index contributed by atoms with van der Waals surface area (Å²) in [5.41, 5.74) is 0.599. The first kappa shape index (κ1) is 11.2. The van der Waals surface area contributed by atoms with Crippen molar-refractivity contribution in [2.45, 2.75) is 19.8 Å². The van der Waals surface area contributed by atoms with Crippen molar-refractivity contribution >= 4 is 5.97 Å². The molecule has 0 spiro atoms. The number of aromatic nitrogens is 5. The lowest BCUT2D eigenvalue weighted by Gasteiger charge is -2.08. The van der Waals surface area contributed by atoms with Crippen LogP contribution < -0.4 is 0 Å². The summed E-state index contributed by atoms with van der Waals surface area (Å²) in [5, 5.41) is 15.4. The SMILES string of the molecule is CC(C)c1nc(-c2ncn[nH]2)ncc1C(=O)O. The number of H-pyrrole nitrogens is 1. The van der Waals surface area contributed by atoms with Gasteiger partial charge in [-0.1, -0.05) is 13.8 Å². The van der Waals surface area contributed by atoms with Gasteiger partial charge in [0, 0.05) is 6.20 Å². The van der Waals surface area contributed by atoms with Gasteiger partial charge in [-0.2, -0.15) is 5.10 Å². The number of nitrogens with zero attached hydrogens (tertiary/aromatic N) is 4. The number of nitrogens with one attached hydrogen (secondary N) is 1. The number of carboxylic acid groups (broad SMARTS) is 1. The van der Waals surface area contributed by atoms with Crippen molar-refractivity contribution in [2.75, 3.05) is 0 Å². The minimum Gasteiger partial charge on any atom is -0.478 e. The van der Waals surface area contributed by atoms with Crippen molar-refractivity contribution in [3.8, 4) is 11.6 Å². The minimum absolute atomic E-state index is 0.00854. The van der Waals surface area contributed by atoms with Crippen LogP contribution in [0.1, 0.15) is 35.8 Å². The molecule has 0 aliphatic rings. The van der Waals surface area contributed by atoms with Gasteiger partial charge in [-0.25, -0.2) is 19.7 Å². The number of rotatable bonds is 3. The van der Waals surface area contributed by atoms with Crippen LogP contribution in [0.2, 0.25) is 0 Å². The Labute approximate surface area is 97.0 Å². The fourth-order valence-corrected chi connectivity index (χ4v) is 1.43. The Balaban J connectivity index is 2.53. The van der Waals surface area contributed by atoms with Crippen molar-refractivity contribution in [2.24, 2.45) is 0 Å². The number of carbonyl (C=O) groups is 1. The zero-order chi connectivity index (χ0) is 12.4. The van der Waals surface area contributed by atoms with E-state index in [-0.39, 0.29) is 11.5 Å². The van der Waals surface area contributed by atoms with Crippen molar-refractivity contribution in [3.05, 3.63) is 23.8 Å². The lowest BCUT2D eigenvalue weighted by molar-refractivity contribution is 0.0694. The fraction of sp³-hybridized carbons (Fsp3) is 0.300. The summed E-state index contributed by atoms with van der Waals surface area (Å²) in [6, 6.07) is 0. The number of hydrogen-bond donors (Lipinski definition) is 2. The van der Waals surface area contributed by atoms with Gasteiger partial charge >= 0.3 is 5.97 Å². The second-order valence-electron chi connectivity index (χ2n) is 3.79. The zero-order valence-electron chi connectivity index (χ0n) is 9.38. The highest BCUT2D eigenvalue weighted by Crippen LogP contribution is 2.19. The predicted molar refractivity (Wildman–Crippen MR) is 58.5 cm³/mol. The highest BCUT2D eigenvalue weighted by molar-refractivity contribution is 5.88. The largest absolute Gasteiger partial charge is 0.478 e. The number of aromatic carboxylic acids is 1. The Morgan fingerprint density at radius 2 is 2.18 bits per heavy atom. The Hall–Kier alpha value is -2.31. The first-order valence-corrected chi connectivity index (χ1v) is 5.05. The van der Waals surface area contributed by atoms with E-state index in [0.717, 1.165) is 0 Å². The van der Waals surface area contributed by atoms with Gasteiger partial charge in [0.25, 0.3) is 0 Å². The van der Waals surface area contributed by atoms with E-state index in [9.17, 15) is 4.79 Å². The maximum absolute atomic E-state index is 11.0. The minimum atomic E-state index is -1.03. The molecule has 2 aromatic heterocycles. The third-order valence-corrected chi connectivity index (χ3v) is 2.22. The van der Waals surface area contributed by atoms with Crippen LogP contribution >= 0.6 is 0 Å². The molecule has 0 aromatic carbocycles. The standard InChI is InChI=1S/C10H11N5O2/c1-5(2)7-6(10(16)17)3-11-8(14-7)9-12-4-13-15-9/h3-5H,1-2H3,(H,16,17)(H,12,13,15). The number of aromatic amines is 1. The summed E-state index contributed by atoms with van der Waals surface area (Å²) >= 11 is 0. The number of hydrogen-bond acceptors (Lipinski definition) is 5. The average molecular weight is 233 g/mol. The van der Waals surface area contributed by atoms with Crippen LogP contribution in [0.15, 0.2) is 12.5 Å². The zero-order valence-corrected chi connectivity index (χ0v) is 9.38. The van der Waals surface area contributed by atoms with Crippen LogP contribution in [0.5, 0.6) is 0 Å². The van der Waals surface area contributed by atoms with E-state index in [1.165, 1.54) is 12.5 Å². The van der Waals surface area contributed by atoms with Crippen LogP contribution in [0.3, 0.4) is 0 Å². The Kier molecular flexibility index (Phi) is 2.82. The second-order valence-corrected chi connectivity index (χ2v) is 3.79. The second kappa shape index (κ2) is 4.28. The van der Waals surface area contributed by atoms with Crippen molar-refractivity contribution in [1.82, 2.24) is 25.1 Å². The molecule has 0 aliphatic heterocycles. The molecule has 2 aromatic rings. The van der Waals surface area contributed by atoms with Crippen LogP contribution in [0, 0.1) is 0 Å². The van der Waals surface area contributed by atoms with E-state index in [1.807, 2.05) is 13.8 Å². The van der Waals surface area contributed by atoms with Crippen LogP contribution in [-0.2, 0) is 0 Å². The van der Waals surface area contributed by atoms with Gasteiger partial charge < -0.3 is 5.11 Å². The summed E-state index contributed by atoms with van der Waals surface area (Å²) < 4.78 is 0. The molecule has 0 unspecified atom stereocenters. The van der Waals surface area contributed by atoms with E-state index in [4.69, 9.17) is 5.11 Å². The lowest BCUT2D eigenvalue weighted by atomic mass is 10.1. The Morgan fingerprint density at radius 1 is 1.41 bits per heavy atom. The van der Waals surface area contributed by atoms with E-state index < -0.39 is 5.97 Å². The topological polar surface area (TPSA) is 105 Å². The molecular formula is C10H11N5O2. The van der Waals surface area contributed by atoms with Gasteiger partial charge in [0.05, 0.1) is 11.3 Å². The summed E-state index contributed by atoms with van der Waals surface area (Å²) in [5.74, 6) is -0.274. The van der Waals surface area contributed by atoms with E-state index in [1.54, 1.807) is 0 Å². The summed E-state index contributed by atoms with van der Waals surface area (Å²) in [7, 11) is 0. The molecule has 17 heavy (non-hydrogen) atoms. The van der Waals surface area contributed by atoms with Gasteiger partial charge in [-0.05, 0) is 5.92 Å². The third kappa shape index (κ3) is 2.12. The molecule has 2 N–H and O–H groups in total.